The first-order valence-corrected chi connectivity index (χ1v) is 11.4. The maximum Gasteiger partial charge on any atom is 0.277 e. The van der Waals surface area contributed by atoms with Crippen LogP contribution >= 0.6 is 0 Å². The number of methoxy groups -OCH3 is 1. The summed E-state index contributed by atoms with van der Waals surface area (Å²) >= 11 is 0. The van der Waals surface area contributed by atoms with Gasteiger partial charge < -0.3 is 10.1 Å². The highest BCUT2D eigenvalue weighted by Gasteiger charge is 2.32. The molecule has 3 heterocycles. The van der Waals surface area contributed by atoms with Gasteiger partial charge in [0.25, 0.3) is 5.91 Å². The number of hydrogen-bond acceptors (Lipinski definition) is 6. The molecule has 0 radical (unpaired) electrons. The summed E-state index contributed by atoms with van der Waals surface area (Å²) in [6.07, 6.45) is 2.13. The Labute approximate surface area is 174 Å². The van der Waals surface area contributed by atoms with Gasteiger partial charge in [0.15, 0.2) is 15.5 Å². The number of nitrogens with one attached hydrogen (secondary N) is 1. The molecule has 8 nitrogen and oxygen atoms in total. The van der Waals surface area contributed by atoms with Gasteiger partial charge in [0, 0.05) is 11.8 Å². The van der Waals surface area contributed by atoms with E-state index in [2.05, 4.69) is 15.4 Å². The van der Waals surface area contributed by atoms with Crippen LogP contribution < -0.4 is 10.1 Å². The number of pyridine rings is 1. The average molecular weight is 426 g/mol. The first-order chi connectivity index (χ1) is 14.3. The molecule has 0 spiro atoms. The topological polar surface area (TPSA) is 103 Å². The second kappa shape index (κ2) is 7.91. The molecule has 1 aliphatic rings. The van der Waals surface area contributed by atoms with Crippen molar-refractivity contribution in [2.75, 3.05) is 23.9 Å². The normalized spacial score (nSPS) is 17.6. The molecule has 0 bridgehead atoms. The average Bonchev–Trinajstić information content (AvgIpc) is 3.33. The van der Waals surface area contributed by atoms with E-state index in [-0.39, 0.29) is 23.2 Å². The summed E-state index contributed by atoms with van der Waals surface area (Å²) in [4.78, 5) is 17.0. The van der Waals surface area contributed by atoms with Crippen LogP contribution in [0.25, 0.3) is 11.3 Å². The van der Waals surface area contributed by atoms with Gasteiger partial charge >= 0.3 is 0 Å². The number of ether oxygens (including phenoxy) is 1. The number of carbonyl (C=O) groups excluding carboxylic acids is 1. The molecule has 3 aromatic rings. The van der Waals surface area contributed by atoms with Gasteiger partial charge in [-0.05, 0) is 55.3 Å². The Morgan fingerprint density at radius 2 is 1.97 bits per heavy atom. The van der Waals surface area contributed by atoms with Gasteiger partial charge in [-0.1, -0.05) is 6.07 Å². The van der Waals surface area contributed by atoms with Crippen molar-refractivity contribution in [1.29, 1.82) is 0 Å². The van der Waals surface area contributed by atoms with Crippen molar-refractivity contribution in [2.24, 2.45) is 0 Å². The third-order valence-corrected chi connectivity index (χ3v) is 6.81. The van der Waals surface area contributed by atoms with Crippen molar-refractivity contribution in [1.82, 2.24) is 14.8 Å². The van der Waals surface area contributed by atoms with Gasteiger partial charge in [0.1, 0.15) is 11.6 Å². The number of sulfone groups is 1. The van der Waals surface area contributed by atoms with Gasteiger partial charge in [-0.2, -0.15) is 5.10 Å². The molecule has 0 aliphatic carbocycles. The van der Waals surface area contributed by atoms with E-state index < -0.39 is 15.7 Å². The predicted octanol–water partition coefficient (Wildman–Crippen LogP) is 2.87. The van der Waals surface area contributed by atoms with E-state index in [4.69, 9.17) is 4.74 Å². The summed E-state index contributed by atoms with van der Waals surface area (Å²) in [5.41, 5.74) is 2.69. The molecule has 0 unspecified atom stereocenters. The number of aryl methyl sites for hydroxylation is 1. The van der Waals surface area contributed by atoms with Crippen LogP contribution in [-0.4, -0.2) is 47.7 Å². The largest absolute Gasteiger partial charge is 0.497 e. The lowest BCUT2D eigenvalue weighted by Gasteiger charge is -2.13. The van der Waals surface area contributed by atoms with E-state index in [0.717, 1.165) is 11.1 Å². The van der Waals surface area contributed by atoms with Crippen LogP contribution in [0.3, 0.4) is 0 Å². The van der Waals surface area contributed by atoms with Crippen molar-refractivity contribution < 1.29 is 17.9 Å². The number of amides is 1. The van der Waals surface area contributed by atoms with Crippen molar-refractivity contribution in [3.05, 3.63) is 59.9 Å². The van der Waals surface area contributed by atoms with Crippen LogP contribution in [0.15, 0.2) is 48.7 Å². The lowest BCUT2D eigenvalue weighted by atomic mass is 10.1. The predicted molar refractivity (Wildman–Crippen MR) is 113 cm³/mol. The molecule has 1 aromatic carbocycles. The van der Waals surface area contributed by atoms with Gasteiger partial charge in [-0.3, -0.25) is 9.48 Å². The molecule has 1 amide bonds. The minimum Gasteiger partial charge on any atom is -0.497 e. The van der Waals surface area contributed by atoms with Crippen molar-refractivity contribution >= 4 is 21.6 Å². The summed E-state index contributed by atoms with van der Waals surface area (Å²) in [6.45, 7) is 1.91. The number of anilines is 1. The lowest BCUT2D eigenvalue weighted by Crippen LogP contribution is -2.17. The molecule has 4 rings (SSSR count). The summed E-state index contributed by atoms with van der Waals surface area (Å²) in [5.74, 6) is 0.860. The van der Waals surface area contributed by atoms with E-state index in [1.54, 1.807) is 30.1 Å². The number of carbonyl (C=O) groups is 1. The molecule has 1 atom stereocenters. The van der Waals surface area contributed by atoms with Crippen LogP contribution in [0, 0.1) is 6.92 Å². The zero-order chi connectivity index (χ0) is 21.3. The summed E-state index contributed by atoms with van der Waals surface area (Å²) < 4.78 is 30.9. The highest BCUT2D eigenvalue weighted by Crippen LogP contribution is 2.31. The minimum absolute atomic E-state index is 0.0123. The molecule has 1 saturated heterocycles. The number of hydrogen-bond donors (Lipinski definition) is 1. The zero-order valence-corrected chi connectivity index (χ0v) is 17.5. The summed E-state index contributed by atoms with van der Waals surface area (Å²) in [6, 6.07) is 12.3. The van der Waals surface area contributed by atoms with Crippen LogP contribution in [0.1, 0.15) is 28.5 Å². The van der Waals surface area contributed by atoms with Gasteiger partial charge in [-0.25, -0.2) is 13.4 Å². The van der Waals surface area contributed by atoms with Crippen LogP contribution in [0.2, 0.25) is 0 Å². The number of rotatable bonds is 5. The molecule has 156 valence electrons. The molecular formula is C21H22N4O4S. The molecule has 1 fully saturated rings. The standard InChI is InChI=1S/C21H22N4O4S/c1-14-3-8-20(22-12-14)23-21(26)18-11-19(15-4-6-17(29-2)7-5-15)25(24-18)16-9-10-30(27,28)13-16/h3-8,11-12,16H,9-10,13H2,1-2H3,(H,22,23,26)/t16-/m0/s1. The Hall–Kier alpha value is -3.20. The molecule has 1 N–H and O–H groups in total. The summed E-state index contributed by atoms with van der Waals surface area (Å²) in [5, 5.41) is 7.21. The summed E-state index contributed by atoms with van der Waals surface area (Å²) in [7, 11) is -1.52. The Kier molecular flexibility index (Phi) is 5.29. The molecule has 2 aromatic heterocycles. The highest BCUT2D eigenvalue weighted by atomic mass is 32.2. The second-order valence-corrected chi connectivity index (χ2v) is 9.55. The Bertz CT molecular complexity index is 1170. The quantitative estimate of drug-likeness (QED) is 0.673. The molecule has 30 heavy (non-hydrogen) atoms. The van der Waals surface area contributed by atoms with E-state index in [0.29, 0.717) is 23.7 Å². The SMILES string of the molecule is COc1ccc(-c2cc(C(=O)Nc3ccc(C)cn3)nn2[C@H]2CCS(=O)(=O)C2)cc1. The maximum atomic E-state index is 12.8. The fourth-order valence-corrected chi connectivity index (χ4v) is 5.14. The van der Waals surface area contributed by atoms with Crippen LogP contribution in [0.5, 0.6) is 5.75 Å². The number of aromatic nitrogens is 3. The maximum absolute atomic E-state index is 12.8. The van der Waals surface area contributed by atoms with E-state index >= 15 is 0 Å². The third kappa shape index (κ3) is 4.20. The lowest BCUT2D eigenvalue weighted by molar-refractivity contribution is 0.102. The Morgan fingerprint density at radius 3 is 2.57 bits per heavy atom. The van der Waals surface area contributed by atoms with Gasteiger partial charge in [-0.15, -0.1) is 0 Å². The molecular weight excluding hydrogens is 404 g/mol. The van der Waals surface area contributed by atoms with E-state index in [1.165, 1.54) is 0 Å². The van der Waals surface area contributed by atoms with Crippen molar-refractivity contribution in [2.45, 2.75) is 19.4 Å². The molecule has 9 heteroatoms. The van der Waals surface area contributed by atoms with E-state index in [1.807, 2.05) is 37.3 Å². The van der Waals surface area contributed by atoms with Crippen LogP contribution in [0.4, 0.5) is 5.82 Å². The fraction of sp³-hybridized carbons (Fsp3) is 0.286. The second-order valence-electron chi connectivity index (χ2n) is 7.32. The number of nitrogens with zero attached hydrogens (tertiary/aromatic N) is 3. The fourth-order valence-electron chi connectivity index (χ4n) is 3.45. The van der Waals surface area contributed by atoms with E-state index in [9.17, 15) is 13.2 Å². The monoisotopic (exact) mass is 426 g/mol. The highest BCUT2D eigenvalue weighted by molar-refractivity contribution is 7.91. The number of benzene rings is 1. The van der Waals surface area contributed by atoms with Gasteiger partial charge in [0.05, 0.1) is 30.4 Å². The first kappa shape index (κ1) is 20.1. The van der Waals surface area contributed by atoms with Crippen LogP contribution in [-0.2, 0) is 9.84 Å². The first-order valence-electron chi connectivity index (χ1n) is 9.53. The Balaban J connectivity index is 1.69. The zero-order valence-electron chi connectivity index (χ0n) is 16.7. The molecule has 1 aliphatic heterocycles. The minimum atomic E-state index is -3.11. The van der Waals surface area contributed by atoms with Gasteiger partial charge in [0.2, 0.25) is 0 Å². The Morgan fingerprint density at radius 1 is 1.20 bits per heavy atom. The third-order valence-electron chi connectivity index (χ3n) is 5.06. The smallest absolute Gasteiger partial charge is 0.277 e. The van der Waals surface area contributed by atoms with Crippen molar-refractivity contribution in [3.8, 4) is 17.0 Å². The molecule has 0 saturated carbocycles. The van der Waals surface area contributed by atoms with Crippen molar-refractivity contribution in [3.63, 3.8) is 0 Å².